The number of hydrogen-bond donors (Lipinski definition) is 3. The molecule has 466 valence electrons. The molecular formula is C69H140N2O6P+. The van der Waals surface area contributed by atoms with Gasteiger partial charge in [0.2, 0.25) is 5.91 Å². The molecule has 0 saturated carbocycles. The number of hydrogen-bond acceptors (Lipinski definition) is 5. The summed E-state index contributed by atoms with van der Waals surface area (Å²) in [4.78, 5) is 23.4. The van der Waals surface area contributed by atoms with Crippen LogP contribution in [0.15, 0.2) is 12.2 Å². The van der Waals surface area contributed by atoms with Crippen LogP contribution in [0.3, 0.4) is 0 Å². The van der Waals surface area contributed by atoms with Crippen molar-refractivity contribution in [2.45, 2.75) is 386 Å². The standard InChI is InChI=1S/C69H139N2O6P/c1-6-8-10-12-14-16-18-20-22-24-26-28-30-32-33-34-35-36-37-39-40-42-44-46-48-50-52-54-56-58-60-62-68(72)67(66-77-78(74,75)76-65-64-71(3,4)5)70-69(73)63-61-59-57-55-53-51-49-47-45-43-41-38-31-29-27-25-23-21-19-17-15-13-11-9-7-2/h25,27,67-68,72H,6-24,26,28-66H2,1-5H3,(H-,70,73,74,75)/p+1/b27-25-. The molecule has 0 aromatic rings. The summed E-state index contributed by atoms with van der Waals surface area (Å²) in [6.07, 6.45) is 77.4. The van der Waals surface area contributed by atoms with E-state index in [4.69, 9.17) is 9.05 Å². The lowest BCUT2D eigenvalue weighted by atomic mass is 10.0. The van der Waals surface area contributed by atoms with Crippen LogP contribution in [0.5, 0.6) is 0 Å². The Morgan fingerprint density at radius 2 is 0.692 bits per heavy atom. The van der Waals surface area contributed by atoms with E-state index < -0.39 is 20.0 Å². The van der Waals surface area contributed by atoms with Crippen LogP contribution < -0.4 is 5.32 Å². The van der Waals surface area contributed by atoms with Gasteiger partial charge in [0, 0.05) is 6.42 Å². The summed E-state index contributed by atoms with van der Waals surface area (Å²) >= 11 is 0. The second kappa shape index (κ2) is 60.8. The Morgan fingerprint density at radius 1 is 0.423 bits per heavy atom. The maximum absolute atomic E-state index is 13.1. The number of likely N-dealkylation sites (N-methyl/N-ethyl adjacent to an activating group) is 1. The van der Waals surface area contributed by atoms with Crippen LogP contribution in [0, 0.1) is 0 Å². The fraction of sp³-hybridized carbons (Fsp3) is 0.957. The number of carbonyl (C=O) groups excluding carboxylic acids is 1. The van der Waals surface area contributed by atoms with Gasteiger partial charge in [0.15, 0.2) is 0 Å². The summed E-state index contributed by atoms with van der Waals surface area (Å²) in [5, 5.41) is 14.2. The highest BCUT2D eigenvalue weighted by atomic mass is 31.2. The van der Waals surface area contributed by atoms with Crippen molar-refractivity contribution < 1.29 is 32.9 Å². The van der Waals surface area contributed by atoms with E-state index in [9.17, 15) is 19.4 Å². The fourth-order valence-corrected chi connectivity index (χ4v) is 11.8. The highest BCUT2D eigenvalue weighted by Gasteiger charge is 2.28. The monoisotopic (exact) mass is 1120 g/mol. The van der Waals surface area contributed by atoms with E-state index in [0.717, 1.165) is 38.5 Å². The normalized spacial score (nSPS) is 13.7. The zero-order valence-electron chi connectivity index (χ0n) is 53.5. The van der Waals surface area contributed by atoms with E-state index in [2.05, 4.69) is 31.3 Å². The second-order valence-corrected chi connectivity index (χ2v) is 27.1. The van der Waals surface area contributed by atoms with Crippen LogP contribution in [0.25, 0.3) is 0 Å². The average molecular weight is 1120 g/mol. The number of phosphoric acid groups is 1. The molecule has 3 unspecified atom stereocenters. The van der Waals surface area contributed by atoms with Crippen molar-refractivity contribution in [2.75, 3.05) is 40.9 Å². The van der Waals surface area contributed by atoms with Gasteiger partial charge < -0.3 is 19.8 Å². The van der Waals surface area contributed by atoms with Gasteiger partial charge in [-0.25, -0.2) is 4.57 Å². The topological polar surface area (TPSA) is 105 Å². The summed E-state index contributed by atoms with van der Waals surface area (Å²) in [7, 11) is 1.64. The third kappa shape index (κ3) is 62.8. The van der Waals surface area contributed by atoms with E-state index in [0.29, 0.717) is 23.9 Å². The molecule has 0 aromatic carbocycles. The van der Waals surface area contributed by atoms with E-state index in [1.165, 1.54) is 308 Å². The van der Waals surface area contributed by atoms with Crippen LogP contribution in [-0.2, 0) is 18.4 Å². The summed E-state index contributed by atoms with van der Waals surface area (Å²) in [6.45, 7) is 4.96. The number of nitrogens with one attached hydrogen (secondary N) is 1. The number of nitrogens with zero attached hydrogens (tertiary/aromatic N) is 1. The molecule has 0 radical (unpaired) electrons. The molecule has 0 fully saturated rings. The third-order valence-electron chi connectivity index (χ3n) is 16.5. The van der Waals surface area contributed by atoms with Crippen molar-refractivity contribution in [1.82, 2.24) is 5.32 Å². The summed E-state index contributed by atoms with van der Waals surface area (Å²) < 4.78 is 23.9. The third-order valence-corrected chi connectivity index (χ3v) is 17.5. The van der Waals surface area contributed by atoms with Crippen LogP contribution in [0.4, 0.5) is 0 Å². The lowest BCUT2D eigenvalue weighted by molar-refractivity contribution is -0.870. The van der Waals surface area contributed by atoms with E-state index >= 15 is 0 Å². The molecule has 3 N–H and O–H groups in total. The van der Waals surface area contributed by atoms with Crippen molar-refractivity contribution in [3.8, 4) is 0 Å². The van der Waals surface area contributed by atoms with Crippen molar-refractivity contribution in [3.63, 3.8) is 0 Å². The lowest BCUT2D eigenvalue weighted by Gasteiger charge is -2.26. The second-order valence-electron chi connectivity index (χ2n) is 25.6. The number of quaternary nitrogens is 1. The van der Waals surface area contributed by atoms with Crippen molar-refractivity contribution in [2.24, 2.45) is 0 Å². The zero-order chi connectivity index (χ0) is 57.0. The molecule has 0 aromatic heterocycles. The molecule has 0 aliphatic heterocycles. The molecule has 0 aliphatic carbocycles. The molecular weight excluding hydrogens is 984 g/mol. The quantitative estimate of drug-likeness (QED) is 0.0243. The largest absolute Gasteiger partial charge is 0.472 e. The molecule has 0 heterocycles. The molecule has 0 rings (SSSR count). The van der Waals surface area contributed by atoms with Gasteiger partial charge in [0.05, 0.1) is 39.9 Å². The fourth-order valence-electron chi connectivity index (χ4n) is 11.0. The van der Waals surface area contributed by atoms with Crippen LogP contribution in [0.2, 0.25) is 0 Å². The minimum absolute atomic E-state index is 0.0778. The Kier molecular flexibility index (Phi) is 60.2. The number of allylic oxidation sites excluding steroid dienone is 2. The van der Waals surface area contributed by atoms with E-state index in [-0.39, 0.29) is 19.1 Å². The number of aliphatic hydroxyl groups excluding tert-OH is 1. The Hall–Kier alpha value is -0.760. The Bertz CT molecular complexity index is 1280. The number of carbonyl (C=O) groups is 1. The van der Waals surface area contributed by atoms with Crippen molar-refractivity contribution in [1.29, 1.82) is 0 Å². The molecule has 0 bridgehead atoms. The molecule has 78 heavy (non-hydrogen) atoms. The maximum atomic E-state index is 13.1. The van der Waals surface area contributed by atoms with Gasteiger partial charge in [-0.15, -0.1) is 0 Å². The molecule has 8 nitrogen and oxygen atoms in total. The highest BCUT2D eigenvalue weighted by Crippen LogP contribution is 2.43. The molecule has 9 heteroatoms. The number of aliphatic hydroxyl groups is 1. The van der Waals surface area contributed by atoms with Crippen LogP contribution in [0.1, 0.15) is 373 Å². The minimum Gasteiger partial charge on any atom is -0.391 e. The first-order valence-electron chi connectivity index (χ1n) is 35.1. The first-order chi connectivity index (χ1) is 38.0. The molecule has 0 saturated heterocycles. The predicted octanol–water partition coefficient (Wildman–Crippen LogP) is 22.1. The van der Waals surface area contributed by atoms with Gasteiger partial charge in [-0.3, -0.25) is 13.8 Å². The number of rotatable bonds is 66. The van der Waals surface area contributed by atoms with Gasteiger partial charge in [-0.2, -0.15) is 0 Å². The van der Waals surface area contributed by atoms with Gasteiger partial charge in [-0.1, -0.05) is 341 Å². The van der Waals surface area contributed by atoms with E-state index in [1.807, 2.05) is 21.1 Å². The Balaban J connectivity index is 4.00. The van der Waals surface area contributed by atoms with Crippen LogP contribution >= 0.6 is 7.82 Å². The van der Waals surface area contributed by atoms with Gasteiger partial charge in [0.1, 0.15) is 13.2 Å². The summed E-state index contributed by atoms with van der Waals surface area (Å²) in [6, 6.07) is -0.759. The molecule has 0 spiro atoms. The average Bonchev–Trinajstić information content (AvgIpc) is 3.41. The molecule has 3 atom stereocenters. The van der Waals surface area contributed by atoms with Gasteiger partial charge in [0.25, 0.3) is 0 Å². The van der Waals surface area contributed by atoms with Crippen molar-refractivity contribution >= 4 is 13.7 Å². The Morgan fingerprint density at radius 3 is 0.987 bits per heavy atom. The minimum atomic E-state index is -4.33. The highest BCUT2D eigenvalue weighted by molar-refractivity contribution is 7.47. The maximum Gasteiger partial charge on any atom is 0.472 e. The summed E-state index contributed by atoms with van der Waals surface area (Å²) in [5.41, 5.74) is 0. The van der Waals surface area contributed by atoms with Gasteiger partial charge in [-0.05, 0) is 38.5 Å². The van der Waals surface area contributed by atoms with Gasteiger partial charge >= 0.3 is 7.82 Å². The predicted molar refractivity (Wildman–Crippen MR) is 342 cm³/mol. The smallest absolute Gasteiger partial charge is 0.391 e. The number of phosphoric ester groups is 1. The number of unbranched alkanes of at least 4 members (excludes halogenated alkanes) is 51. The first kappa shape index (κ1) is 77.2. The zero-order valence-corrected chi connectivity index (χ0v) is 54.3. The lowest BCUT2D eigenvalue weighted by Crippen LogP contribution is -2.46. The van der Waals surface area contributed by atoms with E-state index in [1.54, 1.807) is 0 Å². The Labute approximate surface area is 488 Å². The summed E-state index contributed by atoms with van der Waals surface area (Å²) in [5.74, 6) is -0.136. The SMILES string of the molecule is CCCCCCCCCC/C=C\CCCCCCCCCCCCCCCC(=O)NC(COP(=O)(O)OCC[N+](C)(C)C)C(O)CCCCCCCCCCCCCCCCCCCCCCCCCCCCCCCCC. The molecule has 1 amide bonds. The number of amides is 1. The van der Waals surface area contributed by atoms with Crippen molar-refractivity contribution in [3.05, 3.63) is 12.2 Å². The molecule has 0 aliphatic rings. The van der Waals surface area contributed by atoms with Crippen LogP contribution in [-0.4, -0.2) is 73.4 Å². The first-order valence-corrected chi connectivity index (χ1v) is 36.5.